The van der Waals surface area contributed by atoms with E-state index in [1.165, 1.54) is 5.56 Å². The normalized spacial score (nSPS) is 12.0. The molecule has 0 heterocycles. The summed E-state index contributed by atoms with van der Waals surface area (Å²) in [6.45, 7) is 6.02. The molecule has 0 aliphatic carbocycles. The molecule has 0 aliphatic rings. The van der Waals surface area contributed by atoms with E-state index in [0.717, 1.165) is 16.1 Å². The largest absolute Gasteiger partial charge is 0.314 e. The van der Waals surface area contributed by atoms with Gasteiger partial charge in [0.2, 0.25) is 5.91 Å². The molecule has 0 radical (unpaired) electrons. The van der Waals surface area contributed by atoms with Crippen LogP contribution < -0.4 is 4.90 Å². The van der Waals surface area contributed by atoms with Crippen LogP contribution >= 0.6 is 23.4 Å². The third-order valence-corrected chi connectivity index (χ3v) is 4.87. The Labute approximate surface area is 141 Å². The number of thioether (sulfide) groups is 1. The predicted molar refractivity (Wildman–Crippen MR) is 96.1 cm³/mol. The first-order chi connectivity index (χ1) is 10.4. The van der Waals surface area contributed by atoms with Crippen LogP contribution in [-0.2, 0) is 4.79 Å². The van der Waals surface area contributed by atoms with Gasteiger partial charge in [0.05, 0.1) is 5.25 Å². The zero-order valence-electron chi connectivity index (χ0n) is 13.3. The van der Waals surface area contributed by atoms with E-state index < -0.39 is 0 Å². The number of carbonyl (C=O) groups excluding carboxylic acids is 1. The van der Waals surface area contributed by atoms with E-state index in [4.69, 9.17) is 11.6 Å². The number of rotatable bonds is 4. The lowest BCUT2D eigenvalue weighted by molar-refractivity contribution is -0.117. The maximum atomic E-state index is 12.6. The molecule has 2 aromatic carbocycles. The van der Waals surface area contributed by atoms with E-state index in [1.807, 2.05) is 57.3 Å². The average molecular weight is 334 g/mol. The van der Waals surface area contributed by atoms with E-state index in [9.17, 15) is 4.79 Å². The van der Waals surface area contributed by atoms with Crippen molar-refractivity contribution in [3.05, 3.63) is 58.6 Å². The maximum Gasteiger partial charge on any atom is 0.239 e. The molecule has 2 rings (SSSR count). The fourth-order valence-corrected chi connectivity index (χ4v) is 3.43. The summed E-state index contributed by atoms with van der Waals surface area (Å²) in [7, 11) is 1.83. The second kappa shape index (κ2) is 7.21. The molecule has 4 heteroatoms. The Hall–Kier alpha value is -1.45. The van der Waals surface area contributed by atoms with Crippen LogP contribution in [-0.4, -0.2) is 18.2 Å². The number of aryl methyl sites for hydroxylation is 2. The molecule has 0 fully saturated rings. The van der Waals surface area contributed by atoms with Crippen molar-refractivity contribution in [1.29, 1.82) is 0 Å². The first-order valence-corrected chi connectivity index (χ1v) is 8.41. The fraction of sp³-hybridized carbons (Fsp3) is 0.278. The van der Waals surface area contributed by atoms with Gasteiger partial charge in [0.25, 0.3) is 0 Å². The molecule has 0 saturated carbocycles. The molecule has 1 atom stereocenters. The molecular formula is C18H20ClNOS. The van der Waals surface area contributed by atoms with Gasteiger partial charge < -0.3 is 4.90 Å². The van der Waals surface area contributed by atoms with Gasteiger partial charge in [-0.1, -0.05) is 29.3 Å². The van der Waals surface area contributed by atoms with Crippen molar-refractivity contribution in [2.45, 2.75) is 30.9 Å². The number of anilines is 1. The van der Waals surface area contributed by atoms with E-state index in [0.29, 0.717) is 5.02 Å². The SMILES string of the molecule is Cc1ccc(N(C)C(=O)C(C)Sc2ccc(Cl)cc2)c(C)c1. The third-order valence-electron chi connectivity index (χ3n) is 3.52. The Morgan fingerprint density at radius 1 is 1.14 bits per heavy atom. The zero-order chi connectivity index (χ0) is 16.3. The molecule has 0 aromatic heterocycles. The predicted octanol–water partition coefficient (Wildman–Crippen LogP) is 5.10. The van der Waals surface area contributed by atoms with E-state index in [-0.39, 0.29) is 11.2 Å². The Morgan fingerprint density at radius 2 is 1.77 bits per heavy atom. The topological polar surface area (TPSA) is 20.3 Å². The maximum absolute atomic E-state index is 12.6. The molecule has 0 saturated heterocycles. The standard InChI is InChI=1S/C18H20ClNOS/c1-12-5-10-17(13(2)11-12)20(4)18(21)14(3)22-16-8-6-15(19)7-9-16/h5-11,14H,1-4H3. The fourth-order valence-electron chi connectivity index (χ4n) is 2.34. The van der Waals surface area contributed by atoms with Gasteiger partial charge in [-0.25, -0.2) is 0 Å². The van der Waals surface area contributed by atoms with Gasteiger partial charge in [-0.2, -0.15) is 0 Å². The summed E-state index contributed by atoms with van der Waals surface area (Å²) >= 11 is 7.43. The number of hydrogen-bond donors (Lipinski definition) is 0. The van der Waals surface area contributed by atoms with Crippen LogP contribution in [0.5, 0.6) is 0 Å². The lowest BCUT2D eigenvalue weighted by Gasteiger charge is -2.23. The molecule has 1 amide bonds. The zero-order valence-corrected chi connectivity index (χ0v) is 14.8. The van der Waals surface area contributed by atoms with Crippen molar-refractivity contribution in [3.63, 3.8) is 0 Å². The minimum absolute atomic E-state index is 0.0897. The Kier molecular flexibility index (Phi) is 5.54. The average Bonchev–Trinajstić information content (AvgIpc) is 2.48. The monoisotopic (exact) mass is 333 g/mol. The molecule has 0 aliphatic heterocycles. The number of benzene rings is 2. The van der Waals surface area contributed by atoms with Crippen molar-refractivity contribution in [2.75, 3.05) is 11.9 Å². The van der Waals surface area contributed by atoms with Crippen molar-refractivity contribution in [2.24, 2.45) is 0 Å². The van der Waals surface area contributed by atoms with Gasteiger partial charge in [0.15, 0.2) is 0 Å². The van der Waals surface area contributed by atoms with Gasteiger partial charge >= 0.3 is 0 Å². The molecule has 2 aromatic rings. The Bertz CT molecular complexity index is 669. The minimum Gasteiger partial charge on any atom is -0.314 e. The second-order valence-corrected chi connectivity index (χ2v) is 7.25. The Balaban J connectivity index is 2.10. The van der Waals surface area contributed by atoms with Crippen LogP contribution in [0.15, 0.2) is 47.4 Å². The van der Waals surface area contributed by atoms with Gasteiger partial charge in [-0.15, -0.1) is 11.8 Å². The lowest BCUT2D eigenvalue weighted by atomic mass is 10.1. The van der Waals surface area contributed by atoms with Crippen molar-refractivity contribution >= 4 is 35.0 Å². The van der Waals surface area contributed by atoms with Crippen LogP contribution in [0.3, 0.4) is 0 Å². The third kappa shape index (κ3) is 4.05. The molecule has 0 spiro atoms. The first-order valence-electron chi connectivity index (χ1n) is 7.15. The van der Waals surface area contributed by atoms with Crippen molar-refractivity contribution < 1.29 is 4.79 Å². The molecule has 22 heavy (non-hydrogen) atoms. The van der Waals surface area contributed by atoms with Crippen LogP contribution in [0.1, 0.15) is 18.1 Å². The molecule has 0 bridgehead atoms. The number of carbonyl (C=O) groups is 1. The first kappa shape index (κ1) is 16.9. The van der Waals surface area contributed by atoms with E-state index in [1.54, 1.807) is 16.7 Å². The smallest absolute Gasteiger partial charge is 0.239 e. The molecule has 1 unspecified atom stereocenters. The number of nitrogens with zero attached hydrogens (tertiary/aromatic N) is 1. The van der Waals surface area contributed by atoms with Crippen LogP contribution in [0.2, 0.25) is 5.02 Å². The summed E-state index contributed by atoms with van der Waals surface area (Å²) < 4.78 is 0. The number of amides is 1. The van der Waals surface area contributed by atoms with Crippen molar-refractivity contribution in [3.8, 4) is 0 Å². The van der Waals surface area contributed by atoms with Gasteiger partial charge in [0.1, 0.15) is 0 Å². The van der Waals surface area contributed by atoms with Crippen LogP contribution in [0.25, 0.3) is 0 Å². The summed E-state index contributed by atoms with van der Waals surface area (Å²) in [5.74, 6) is 0.0897. The summed E-state index contributed by atoms with van der Waals surface area (Å²) in [6, 6.07) is 13.7. The van der Waals surface area contributed by atoms with E-state index in [2.05, 4.69) is 13.0 Å². The molecule has 116 valence electrons. The quantitative estimate of drug-likeness (QED) is 0.725. The second-order valence-electron chi connectivity index (χ2n) is 5.40. The Morgan fingerprint density at radius 3 is 2.36 bits per heavy atom. The molecular weight excluding hydrogens is 314 g/mol. The minimum atomic E-state index is -0.160. The van der Waals surface area contributed by atoms with Crippen LogP contribution in [0, 0.1) is 13.8 Å². The van der Waals surface area contributed by atoms with E-state index >= 15 is 0 Å². The summed E-state index contributed by atoms with van der Waals surface area (Å²) in [5, 5.41) is 0.544. The number of halogens is 1. The van der Waals surface area contributed by atoms with Gasteiger partial charge in [-0.3, -0.25) is 4.79 Å². The highest BCUT2D eigenvalue weighted by atomic mass is 35.5. The lowest BCUT2D eigenvalue weighted by Crippen LogP contribution is -2.33. The highest BCUT2D eigenvalue weighted by Crippen LogP contribution is 2.28. The van der Waals surface area contributed by atoms with Gasteiger partial charge in [-0.05, 0) is 56.7 Å². The summed E-state index contributed by atoms with van der Waals surface area (Å²) in [6.07, 6.45) is 0. The summed E-state index contributed by atoms with van der Waals surface area (Å²) in [4.78, 5) is 15.4. The highest BCUT2D eigenvalue weighted by molar-refractivity contribution is 8.00. The van der Waals surface area contributed by atoms with Crippen molar-refractivity contribution in [1.82, 2.24) is 0 Å². The van der Waals surface area contributed by atoms with Crippen LogP contribution in [0.4, 0.5) is 5.69 Å². The highest BCUT2D eigenvalue weighted by Gasteiger charge is 2.20. The molecule has 2 nitrogen and oxygen atoms in total. The number of hydrogen-bond acceptors (Lipinski definition) is 2. The summed E-state index contributed by atoms with van der Waals surface area (Å²) in [5.41, 5.74) is 3.27. The van der Waals surface area contributed by atoms with Gasteiger partial charge in [0, 0.05) is 22.7 Å². The molecule has 0 N–H and O–H groups in total.